The zero-order valence-corrected chi connectivity index (χ0v) is 8.86. The van der Waals surface area contributed by atoms with Gasteiger partial charge in [-0.15, -0.1) is 0 Å². The van der Waals surface area contributed by atoms with E-state index in [-0.39, 0.29) is 4.90 Å². The smallest absolute Gasteiger partial charge is 0.328 e. The molecule has 0 bridgehead atoms. The van der Waals surface area contributed by atoms with Crippen molar-refractivity contribution >= 4 is 21.9 Å². The SMILES string of the molecule is CS(=O)(=O)c1ccc(/C=C\C(=O)O)cc1. The number of hydrogen-bond acceptors (Lipinski definition) is 3. The molecule has 1 rings (SSSR count). The zero-order chi connectivity index (χ0) is 11.5. The number of rotatable bonds is 3. The Bertz CT molecular complexity index is 483. The summed E-state index contributed by atoms with van der Waals surface area (Å²) in [5.41, 5.74) is 0.643. The third-order valence-corrected chi connectivity index (χ3v) is 2.86. The van der Waals surface area contributed by atoms with Crippen molar-refractivity contribution in [1.29, 1.82) is 0 Å². The molecule has 0 saturated heterocycles. The molecule has 0 aliphatic heterocycles. The average molecular weight is 226 g/mol. The molecular formula is C10H10O4S. The van der Waals surface area contributed by atoms with Gasteiger partial charge in [-0.3, -0.25) is 0 Å². The van der Waals surface area contributed by atoms with Crippen LogP contribution in [-0.4, -0.2) is 25.7 Å². The van der Waals surface area contributed by atoms with Gasteiger partial charge in [-0.25, -0.2) is 13.2 Å². The molecule has 0 fully saturated rings. The molecule has 1 N–H and O–H groups in total. The highest BCUT2D eigenvalue weighted by atomic mass is 32.2. The molecule has 15 heavy (non-hydrogen) atoms. The van der Waals surface area contributed by atoms with E-state index in [0.29, 0.717) is 5.56 Å². The van der Waals surface area contributed by atoms with Crippen LogP contribution >= 0.6 is 0 Å². The minimum atomic E-state index is -3.19. The summed E-state index contributed by atoms with van der Waals surface area (Å²) in [5, 5.41) is 8.38. The van der Waals surface area contributed by atoms with Crippen LogP contribution in [0.3, 0.4) is 0 Å². The molecule has 0 unspecified atom stereocenters. The van der Waals surface area contributed by atoms with E-state index in [1.807, 2.05) is 0 Å². The molecule has 1 aromatic carbocycles. The van der Waals surface area contributed by atoms with E-state index in [1.165, 1.54) is 18.2 Å². The highest BCUT2D eigenvalue weighted by Gasteiger charge is 2.04. The maximum absolute atomic E-state index is 11.1. The molecule has 5 heteroatoms. The lowest BCUT2D eigenvalue weighted by Crippen LogP contribution is -1.96. The number of sulfone groups is 1. The third-order valence-electron chi connectivity index (χ3n) is 1.73. The van der Waals surface area contributed by atoms with Crippen LogP contribution in [-0.2, 0) is 14.6 Å². The number of benzene rings is 1. The second-order valence-corrected chi connectivity index (χ2v) is 5.03. The molecule has 80 valence electrons. The van der Waals surface area contributed by atoms with Crippen molar-refractivity contribution in [2.75, 3.05) is 6.26 Å². The lowest BCUT2D eigenvalue weighted by Gasteiger charge is -1.97. The van der Waals surface area contributed by atoms with E-state index in [9.17, 15) is 13.2 Å². The van der Waals surface area contributed by atoms with Gasteiger partial charge < -0.3 is 5.11 Å². The third kappa shape index (κ3) is 3.55. The summed E-state index contributed by atoms with van der Waals surface area (Å²) in [6.45, 7) is 0. The van der Waals surface area contributed by atoms with Gasteiger partial charge in [0, 0.05) is 12.3 Å². The summed E-state index contributed by atoms with van der Waals surface area (Å²) >= 11 is 0. The molecular weight excluding hydrogens is 216 g/mol. The molecule has 0 amide bonds. The predicted molar refractivity (Wildman–Crippen MR) is 56.2 cm³/mol. The maximum Gasteiger partial charge on any atom is 0.328 e. The first kappa shape index (κ1) is 11.5. The number of carboxylic acid groups (broad SMARTS) is 1. The van der Waals surface area contributed by atoms with Crippen LogP contribution in [0.4, 0.5) is 0 Å². The van der Waals surface area contributed by atoms with Crippen molar-refractivity contribution in [2.24, 2.45) is 0 Å². The van der Waals surface area contributed by atoms with Gasteiger partial charge in [0.15, 0.2) is 9.84 Å². The summed E-state index contributed by atoms with van der Waals surface area (Å²) in [7, 11) is -3.19. The van der Waals surface area contributed by atoms with Crippen LogP contribution in [0.25, 0.3) is 6.08 Å². The average Bonchev–Trinajstić information content (AvgIpc) is 2.14. The number of aliphatic carboxylic acids is 1. The van der Waals surface area contributed by atoms with Crippen molar-refractivity contribution in [2.45, 2.75) is 4.90 Å². The van der Waals surface area contributed by atoms with Crippen molar-refractivity contribution in [3.63, 3.8) is 0 Å². The molecule has 0 radical (unpaired) electrons. The molecule has 1 aromatic rings. The fourth-order valence-electron chi connectivity index (χ4n) is 0.994. The minimum absolute atomic E-state index is 0.218. The van der Waals surface area contributed by atoms with Crippen LogP contribution in [0, 0.1) is 0 Å². The maximum atomic E-state index is 11.1. The normalized spacial score (nSPS) is 11.8. The van der Waals surface area contributed by atoms with Crippen molar-refractivity contribution in [1.82, 2.24) is 0 Å². The van der Waals surface area contributed by atoms with Crippen LogP contribution < -0.4 is 0 Å². The first-order valence-corrected chi connectivity index (χ1v) is 6.00. The van der Waals surface area contributed by atoms with E-state index in [1.54, 1.807) is 12.1 Å². The summed E-state index contributed by atoms with van der Waals surface area (Å²) < 4.78 is 22.2. The van der Waals surface area contributed by atoms with Crippen molar-refractivity contribution in [3.05, 3.63) is 35.9 Å². The summed E-state index contributed by atoms with van der Waals surface area (Å²) in [6.07, 6.45) is 3.51. The molecule has 0 heterocycles. The Balaban J connectivity index is 2.96. The van der Waals surface area contributed by atoms with Gasteiger partial charge >= 0.3 is 5.97 Å². The fourth-order valence-corrected chi connectivity index (χ4v) is 1.62. The van der Waals surface area contributed by atoms with Gasteiger partial charge in [0.1, 0.15) is 0 Å². The largest absolute Gasteiger partial charge is 0.478 e. The monoisotopic (exact) mass is 226 g/mol. The molecule has 4 nitrogen and oxygen atoms in total. The van der Waals surface area contributed by atoms with Crippen LogP contribution in [0.5, 0.6) is 0 Å². The second kappa shape index (κ2) is 4.27. The summed E-state index contributed by atoms with van der Waals surface area (Å²) in [5.74, 6) is -1.04. The molecule has 0 aromatic heterocycles. The van der Waals surface area contributed by atoms with Gasteiger partial charge in [-0.2, -0.15) is 0 Å². The lowest BCUT2D eigenvalue weighted by atomic mass is 10.2. The quantitative estimate of drug-likeness (QED) is 0.786. The Hall–Kier alpha value is -1.62. The van der Waals surface area contributed by atoms with Gasteiger partial charge in [0.2, 0.25) is 0 Å². The van der Waals surface area contributed by atoms with Gasteiger partial charge in [0.25, 0.3) is 0 Å². The highest BCUT2D eigenvalue weighted by Crippen LogP contribution is 2.11. The topological polar surface area (TPSA) is 71.4 Å². The Kier molecular flexibility index (Phi) is 3.26. The molecule has 0 aliphatic rings. The second-order valence-electron chi connectivity index (χ2n) is 3.01. The number of carbonyl (C=O) groups is 1. The first-order chi connectivity index (χ1) is 6.89. The van der Waals surface area contributed by atoms with Gasteiger partial charge in [0.05, 0.1) is 4.90 Å². The summed E-state index contributed by atoms with van der Waals surface area (Å²) in [6, 6.07) is 5.99. The Morgan fingerprint density at radius 2 is 1.80 bits per heavy atom. The number of carboxylic acids is 1. The van der Waals surface area contributed by atoms with Crippen molar-refractivity contribution < 1.29 is 18.3 Å². The highest BCUT2D eigenvalue weighted by molar-refractivity contribution is 7.90. The Morgan fingerprint density at radius 1 is 1.27 bits per heavy atom. The van der Waals surface area contributed by atoms with Crippen LogP contribution in [0.2, 0.25) is 0 Å². The van der Waals surface area contributed by atoms with E-state index in [0.717, 1.165) is 12.3 Å². The molecule has 0 spiro atoms. The van der Waals surface area contributed by atoms with Crippen LogP contribution in [0.1, 0.15) is 5.56 Å². The zero-order valence-electron chi connectivity index (χ0n) is 8.04. The molecule has 0 atom stereocenters. The predicted octanol–water partition coefficient (Wildman–Crippen LogP) is 1.19. The fraction of sp³-hybridized carbons (Fsp3) is 0.100. The lowest BCUT2D eigenvalue weighted by molar-refractivity contribution is -0.131. The standard InChI is InChI=1S/C10H10O4S/c1-15(13,14)9-5-2-8(3-6-9)4-7-10(11)12/h2-7H,1H3,(H,11,12)/b7-4-. The van der Waals surface area contributed by atoms with E-state index in [2.05, 4.69) is 0 Å². The molecule has 0 aliphatic carbocycles. The Morgan fingerprint density at radius 3 is 2.20 bits per heavy atom. The van der Waals surface area contributed by atoms with E-state index < -0.39 is 15.8 Å². The number of hydrogen-bond donors (Lipinski definition) is 1. The van der Waals surface area contributed by atoms with E-state index >= 15 is 0 Å². The van der Waals surface area contributed by atoms with Crippen LogP contribution in [0.15, 0.2) is 35.2 Å². The van der Waals surface area contributed by atoms with Gasteiger partial charge in [-0.05, 0) is 23.8 Å². The van der Waals surface area contributed by atoms with Gasteiger partial charge in [-0.1, -0.05) is 12.1 Å². The Labute approximate surface area is 87.8 Å². The van der Waals surface area contributed by atoms with E-state index in [4.69, 9.17) is 5.11 Å². The van der Waals surface area contributed by atoms with Crippen molar-refractivity contribution in [3.8, 4) is 0 Å². The first-order valence-electron chi connectivity index (χ1n) is 4.11. The molecule has 0 saturated carbocycles. The minimum Gasteiger partial charge on any atom is -0.478 e. The summed E-state index contributed by atoms with van der Waals surface area (Å²) in [4.78, 5) is 10.4.